The van der Waals surface area contributed by atoms with E-state index in [9.17, 15) is 4.79 Å². The summed E-state index contributed by atoms with van der Waals surface area (Å²) in [4.78, 5) is 10.9. The molecule has 1 rings (SSSR count). The normalized spacial score (nSPS) is 10.4. The van der Waals surface area contributed by atoms with Crippen LogP contribution in [0.5, 0.6) is 0 Å². The van der Waals surface area contributed by atoms with Gasteiger partial charge in [0.25, 0.3) is 0 Å². The molecule has 1 aromatic rings. The fraction of sp³-hybridized carbons (Fsp3) is 0.364. The van der Waals surface area contributed by atoms with Crippen molar-refractivity contribution in [2.45, 2.75) is 19.3 Å². The summed E-state index contributed by atoms with van der Waals surface area (Å²) in [5.41, 5.74) is 1.37. The molecular formula is C11H11Br2ClO2. The van der Waals surface area contributed by atoms with E-state index in [1.807, 2.05) is 6.07 Å². The molecule has 0 aliphatic heterocycles. The van der Waals surface area contributed by atoms with Crippen LogP contribution in [-0.2, 0) is 6.42 Å². The first-order valence-corrected chi connectivity index (χ1v) is 6.96. The molecule has 0 bridgehead atoms. The Hall–Kier alpha value is -0.0600. The van der Waals surface area contributed by atoms with Gasteiger partial charge in [0, 0.05) is 14.8 Å². The minimum atomic E-state index is -0.931. The van der Waals surface area contributed by atoms with E-state index in [0.717, 1.165) is 29.3 Å². The second kappa shape index (κ2) is 6.62. The molecule has 0 saturated carbocycles. The molecule has 0 atom stereocenters. The SMILES string of the molecule is O=C(O)c1ccc(CCCCCl)c(Br)c1Br. The molecule has 0 fully saturated rings. The highest BCUT2D eigenvalue weighted by Crippen LogP contribution is 2.31. The Kier molecular flexibility index (Phi) is 5.79. The fourth-order valence-electron chi connectivity index (χ4n) is 1.36. The number of carboxylic acid groups (broad SMARTS) is 1. The maximum Gasteiger partial charge on any atom is 0.336 e. The van der Waals surface area contributed by atoms with Crippen molar-refractivity contribution in [2.24, 2.45) is 0 Å². The Morgan fingerprint density at radius 1 is 1.25 bits per heavy atom. The summed E-state index contributed by atoms with van der Waals surface area (Å²) in [5.74, 6) is -0.272. The number of hydrogen-bond acceptors (Lipinski definition) is 1. The monoisotopic (exact) mass is 368 g/mol. The molecule has 0 saturated heterocycles. The summed E-state index contributed by atoms with van der Waals surface area (Å²) in [6.07, 6.45) is 2.86. The van der Waals surface area contributed by atoms with E-state index >= 15 is 0 Å². The smallest absolute Gasteiger partial charge is 0.336 e. The van der Waals surface area contributed by atoms with Gasteiger partial charge in [-0.1, -0.05) is 6.07 Å². The van der Waals surface area contributed by atoms with Gasteiger partial charge in [-0.05, 0) is 62.8 Å². The molecule has 0 aromatic heterocycles. The van der Waals surface area contributed by atoms with E-state index in [1.54, 1.807) is 6.07 Å². The van der Waals surface area contributed by atoms with Crippen LogP contribution in [-0.4, -0.2) is 17.0 Å². The lowest BCUT2D eigenvalue weighted by Crippen LogP contribution is -2.00. The number of aryl methyl sites for hydroxylation is 1. The first-order chi connectivity index (χ1) is 7.57. The molecule has 16 heavy (non-hydrogen) atoms. The van der Waals surface area contributed by atoms with Crippen molar-refractivity contribution in [1.82, 2.24) is 0 Å². The summed E-state index contributed by atoms with van der Waals surface area (Å²) in [7, 11) is 0. The van der Waals surface area contributed by atoms with E-state index in [0.29, 0.717) is 10.4 Å². The Morgan fingerprint density at radius 2 is 1.94 bits per heavy atom. The third kappa shape index (κ3) is 3.47. The van der Waals surface area contributed by atoms with E-state index in [2.05, 4.69) is 31.9 Å². The van der Waals surface area contributed by atoms with Gasteiger partial charge in [-0.3, -0.25) is 0 Å². The number of carboxylic acids is 1. The average Bonchev–Trinajstić information content (AvgIpc) is 2.24. The standard InChI is InChI=1S/C11H11Br2ClO2/c12-9-7(3-1-2-6-14)4-5-8(10(9)13)11(15)16/h4-5H,1-3,6H2,(H,15,16). The highest BCUT2D eigenvalue weighted by Gasteiger charge is 2.13. The minimum Gasteiger partial charge on any atom is -0.478 e. The van der Waals surface area contributed by atoms with Gasteiger partial charge >= 0.3 is 5.97 Å². The number of aromatic carboxylic acids is 1. The molecule has 1 N–H and O–H groups in total. The van der Waals surface area contributed by atoms with Crippen molar-refractivity contribution in [3.63, 3.8) is 0 Å². The molecule has 0 heterocycles. The second-order valence-corrected chi connectivity index (χ2v) is 5.32. The summed E-state index contributed by atoms with van der Waals surface area (Å²) in [6, 6.07) is 3.46. The van der Waals surface area contributed by atoms with Gasteiger partial charge in [-0.25, -0.2) is 4.79 Å². The zero-order chi connectivity index (χ0) is 12.1. The maximum absolute atomic E-state index is 10.9. The molecule has 0 amide bonds. The predicted octanol–water partition coefficient (Wildman–Crippen LogP) is 4.47. The van der Waals surface area contributed by atoms with Gasteiger partial charge in [0.15, 0.2) is 0 Å². The summed E-state index contributed by atoms with van der Waals surface area (Å²) >= 11 is 12.3. The summed E-state index contributed by atoms with van der Waals surface area (Å²) in [5, 5.41) is 8.93. The van der Waals surface area contributed by atoms with Crippen molar-refractivity contribution in [3.8, 4) is 0 Å². The molecule has 0 aliphatic rings. The molecular weight excluding hydrogens is 359 g/mol. The number of carbonyl (C=O) groups is 1. The molecule has 0 aliphatic carbocycles. The van der Waals surface area contributed by atoms with Crippen LogP contribution in [0.25, 0.3) is 0 Å². The number of halogens is 3. The van der Waals surface area contributed by atoms with Crippen LogP contribution in [0.15, 0.2) is 21.1 Å². The number of benzene rings is 1. The predicted molar refractivity (Wildman–Crippen MR) is 72.5 cm³/mol. The molecule has 0 radical (unpaired) electrons. The third-order valence-electron chi connectivity index (χ3n) is 2.22. The Labute approximate surface area is 116 Å². The molecule has 2 nitrogen and oxygen atoms in total. The van der Waals surface area contributed by atoms with Crippen LogP contribution in [0.1, 0.15) is 28.8 Å². The van der Waals surface area contributed by atoms with Crippen LogP contribution in [0.2, 0.25) is 0 Å². The van der Waals surface area contributed by atoms with Crippen LogP contribution in [0.3, 0.4) is 0 Å². The molecule has 0 unspecified atom stereocenters. The Morgan fingerprint density at radius 3 is 2.50 bits per heavy atom. The van der Waals surface area contributed by atoms with Crippen molar-refractivity contribution in [2.75, 3.05) is 5.88 Å². The van der Waals surface area contributed by atoms with Gasteiger partial charge in [-0.15, -0.1) is 11.6 Å². The van der Waals surface area contributed by atoms with Crippen molar-refractivity contribution in [1.29, 1.82) is 0 Å². The molecule has 5 heteroatoms. The highest BCUT2D eigenvalue weighted by molar-refractivity contribution is 9.13. The molecule has 0 spiro atoms. The highest BCUT2D eigenvalue weighted by atomic mass is 79.9. The zero-order valence-electron chi connectivity index (χ0n) is 8.47. The van der Waals surface area contributed by atoms with E-state index in [1.165, 1.54) is 0 Å². The fourth-order valence-corrected chi connectivity index (χ4v) is 2.65. The van der Waals surface area contributed by atoms with E-state index in [4.69, 9.17) is 16.7 Å². The Bertz CT molecular complexity index is 394. The van der Waals surface area contributed by atoms with Gasteiger partial charge in [0.1, 0.15) is 0 Å². The maximum atomic E-state index is 10.9. The van der Waals surface area contributed by atoms with E-state index < -0.39 is 5.97 Å². The van der Waals surface area contributed by atoms with Crippen LogP contribution < -0.4 is 0 Å². The number of unbranched alkanes of at least 4 members (excludes halogenated alkanes) is 1. The van der Waals surface area contributed by atoms with Crippen LogP contribution in [0, 0.1) is 0 Å². The molecule has 88 valence electrons. The Balaban J connectivity index is 2.89. The first kappa shape index (κ1) is 14.0. The van der Waals surface area contributed by atoms with Crippen molar-refractivity contribution in [3.05, 3.63) is 32.2 Å². The summed E-state index contributed by atoms with van der Waals surface area (Å²) in [6.45, 7) is 0. The van der Waals surface area contributed by atoms with Crippen molar-refractivity contribution >= 4 is 49.4 Å². The van der Waals surface area contributed by atoms with Crippen molar-refractivity contribution < 1.29 is 9.90 Å². The van der Waals surface area contributed by atoms with Gasteiger partial charge in [-0.2, -0.15) is 0 Å². The topological polar surface area (TPSA) is 37.3 Å². The lowest BCUT2D eigenvalue weighted by atomic mass is 10.1. The number of hydrogen-bond donors (Lipinski definition) is 1. The summed E-state index contributed by atoms with van der Waals surface area (Å²) < 4.78 is 1.42. The van der Waals surface area contributed by atoms with Crippen LogP contribution in [0.4, 0.5) is 0 Å². The largest absolute Gasteiger partial charge is 0.478 e. The molecule has 1 aromatic carbocycles. The third-order valence-corrected chi connectivity index (χ3v) is 4.75. The van der Waals surface area contributed by atoms with Gasteiger partial charge in [0.05, 0.1) is 5.56 Å². The van der Waals surface area contributed by atoms with Gasteiger partial charge < -0.3 is 5.11 Å². The minimum absolute atomic E-state index is 0.271. The lowest BCUT2D eigenvalue weighted by molar-refractivity contribution is 0.0696. The zero-order valence-corrected chi connectivity index (χ0v) is 12.4. The average molecular weight is 370 g/mol. The quantitative estimate of drug-likeness (QED) is 0.613. The van der Waals surface area contributed by atoms with Crippen LogP contribution >= 0.6 is 43.5 Å². The first-order valence-electron chi connectivity index (χ1n) is 4.84. The van der Waals surface area contributed by atoms with E-state index in [-0.39, 0.29) is 5.56 Å². The van der Waals surface area contributed by atoms with Gasteiger partial charge in [0.2, 0.25) is 0 Å². The number of alkyl halides is 1. The number of rotatable bonds is 5. The second-order valence-electron chi connectivity index (χ2n) is 3.35. The lowest BCUT2D eigenvalue weighted by Gasteiger charge is -2.08.